The molecule has 1 aliphatic heterocycles. The number of nitrogens with zero attached hydrogens (tertiary/aromatic N) is 2. The van der Waals surface area contributed by atoms with Gasteiger partial charge in [0.15, 0.2) is 0 Å². The molecule has 0 saturated carbocycles. The minimum Gasteiger partial charge on any atom is -0.349 e. The van der Waals surface area contributed by atoms with Gasteiger partial charge in [0.25, 0.3) is 5.91 Å². The number of alkyl halides is 3. The second-order valence-electron chi connectivity index (χ2n) is 6.55. The maximum absolute atomic E-state index is 12.4. The van der Waals surface area contributed by atoms with E-state index in [1.165, 1.54) is 11.8 Å². The highest BCUT2D eigenvalue weighted by molar-refractivity contribution is 6.00. The summed E-state index contributed by atoms with van der Waals surface area (Å²) in [6, 6.07) is 2.59. The molecule has 1 saturated heterocycles. The zero-order valence-corrected chi connectivity index (χ0v) is 14.8. The zero-order chi connectivity index (χ0) is 19.8. The molecule has 10 heteroatoms. The van der Waals surface area contributed by atoms with E-state index in [9.17, 15) is 22.8 Å². The van der Waals surface area contributed by atoms with E-state index in [4.69, 9.17) is 0 Å². The van der Waals surface area contributed by atoms with E-state index in [0.717, 1.165) is 11.1 Å². The number of rotatable bonds is 4. The van der Waals surface area contributed by atoms with Crippen molar-refractivity contribution < 1.29 is 27.5 Å². The fourth-order valence-corrected chi connectivity index (χ4v) is 3.09. The first-order valence-corrected chi connectivity index (χ1v) is 8.42. The van der Waals surface area contributed by atoms with Gasteiger partial charge in [0.1, 0.15) is 11.7 Å². The predicted molar refractivity (Wildman–Crippen MR) is 89.9 cm³/mol. The Bertz CT molecular complexity index is 865. The summed E-state index contributed by atoms with van der Waals surface area (Å²) in [5.74, 6) is -0.933. The second kappa shape index (κ2) is 7.18. The predicted octanol–water partition coefficient (Wildman–Crippen LogP) is 2.13. The van der Waals surface area contributed by atoms with E-state index < -0.39 is 30.3 Å². The highest BCUT2D eigenvalue weighted by atomic mass is 19.4. The van der Waals surface area contributed by atoms with E-state index >= 15 is 0 Å². The first kappa shape index (κ1) is 19.2. The molecule has 0 aliphatic carbocycles. The lowest BCUT2D eigenvalue weighted by Gasteiger charge is -2.21. The van der Waals surface area contributed by atoms with E-state index in [1.54, 1.807) is 12.3 Å². The third-order valence-corrected chi connectivity index (χ3v) is 4.36. The minimum absolute atomic E-state index is 0.0975. The lowest BCUT2D eigenvalue weighted by atomic mass is 10.2. The minimum atomic E-state index is -4.73. The maximum atomic E-state index is 12.4. The average molecular weight is 384 g/mol. The third kappa shape index (κ3) is 4.57. The van der Waals surface area contributed by atoms with Crippen molar-refractivity contribution in [2.24, 2.45) is 0 Å². The lowest BCUT2D eigenvalue weighted by Crippen LogP contribution is -2.46. The number of aromatic amines is 1. The standard InChI is InChI=1S/C17H19F3N4O3/c1-9-5-11-6-13(23-14(11)7-21-9)15(25)22-10(2)16(26)24-4-3-12(8-24)27-17(18,19)20/h5-7,10,12,23H,3-4,8H2,1-2H3,(H,22,25)/t10-,12?/m1/s1. The van der Waals surface area contributed by atoms with Crippen LogP contribution >= 0.6 is 0 Å². The number of fused-ring (bicyclic) bond motifs is 1. The largest absolute Gasteiger partial charge is 0.522 e. The Kier molecular flexibility index (Phi) is 5.09. The Labute approximate surface area is 152 Å². The summed E-state index contributed by atoms with van der Waals surface area (Å²) in [4.78, 5) is 33.1. The smallest absolute Gasteiger partial charge is 0.349 e. The van der Waals surface area contributed by atoms with Crippen molar-refractivity contribution in [3.8, 4) is 0 Å². The van der Waals surface area contributed by atoms with Crippen LogP contribution < -0.4 is 5.32 Å². The number of halogens is 3. The van der Waals surface area contributed by atoms with E-state index in [0.29, 0.717) is 5.52 Å². The summed E-state index contributed by atoms with van der Waals surface area (Å²) in [5.41, 5.74) is 1.77. The number of pyridine rings is 1. The van der Waals surface area contributed by atoms with Gasteiger partial charge in [0.2, 0.25) is 5.91 Å². The summed E-state index contributed by atoms with van der Waals surface area (Å²) in [6.45, 7) is 3.32. The molecule has 2 atom stereocenters. The fourth-order valence-electron chi connectivity index (χ4n) is 3.09. The summed E-state index contributed by atoms with van der Waals surface area (Å²) >= 11 is 0. The number of aryl methyl sites for hydroxylation is 1. The number of hydrogen-bond acceptors (Lipinski definition) is 4. The molecule has 7 nitrogen and oxygen atoms in total. The van der Waals surface area contributed by atoms with Crippen LogP contribution in [-0.4, -0.2) is 58.3 Å². The molecular formula is C17H19F3N4O3. The molecule has 0 spiro atoms. The number of carbonyl (C=O) groups is 2. The highest BCUT2D eigenvalue weighted by Gasteiger charge is 2.38. The van der Waals surface area contributed by atoms with Gasteiger partial charge in [0, 0.05) is 24.2 Å². The molecule has 2 amide bonds. The number of hydrogen-bond donors (Lipinski definition) is 2. The van der Waals surface area contributed by atoms with Gasteiger partial charge in [-0.25, -0.2) is 0 Å². The first-order chi connectivity index (χ1) is 12.6. The molecule has 1 fully saturated rings. The van der Waals surface area contributed by atoms with Crippen LogP contribution in [0.1, 0.15) is 29.5 Å². The number of amides is 2. The Morgan fingerprint density at radius 3 is 2.85 bits per heavy atom. The van der Waals surface area contributed by atoms with Gasteiger partial charge < -0.3 is 15.2 Å². The summed E-state index contributed by atoms with van der Waals surface area (Å²) in [7, 11) is 0. The molecule has 2 aromatic rings. The number of nitrogens with one attached hydrogen (secondary N) is 2. The average Bonchev–Trinajstić information content (AvgIpc) is 3.18. The summed E-state index contributed by atoms with van der Waals surface area (Å²) in [5, 5.41) is 3.38. The van der Waals surface area contributed by atoms with Crippen LogP contribution in [-0.2, 0) is 9.53 Å². The van der Waals surface area contributed by atoms with Crippen LogP contribution in [0.3, 0.4) is 0 Å². The molecule has 2 aromatic heterocycles. The van der Waals surface area contributed by atoms with E-state index in [1.807, 2.05) is 13.0 Å². The van der Waals surface area contributed by atoms with E-state index in [-0.39, 0.29) is 25.2 Å². The number of H-pyrrole nitrogens is 1. The number of carbonyl (C=O) groups excluding carboxylic acids is 2. The van der Waals surface area contributed by atoms with Crippen LogP contribution in [0.4, 0.5) is 13.2 Å². The summed E-state index contributed by atoms with van der Waals surface area (Å²) < 4.78 is 40.8. The molecule has 3 heterocycles. The van der Waals surface area contributed by atoms with Crippen LogP contribution in [0.5, 0.6) is 0 Å². The Morgan fingerprint density at radius 1 is 1.41 bits per heavy atom. The summed E-state index contributed by atoms with van der Waals surface area (Å²) in [6.07, 6.45) is -4.10. The molecule has 0 aromatic carbocycles. The van der Waals surface area contributed by atoms with Crippen molar-refractivity contribution in [3.63, 3.8) is 0 Å². The molecular weight excluding hydrogens is 365 g/mol. The second-order valence-corrected chi connectivity index (χ2v) is 6.55. The topological polar surface area (TPSA) is 87.3 Å². The van der Waals surface area contributed by atoms with Crippen LogP contribution in [0.2, 0.25) is 0 Å². The Hall–Kier alpha value is -2.62. The van der Waals surface area contributed by atoms with Gasteiger partial charge in [-0.3, -0.25) is 19.3 Å². The van der Waals surface area contributed by atoms with Crippen LogP contribution in [0.25, 0.3) is 10.9 Å². The molecule has 1 unspecified atom stereocenters. The van der Waals surface area contributed by atoms with Gasteiger partial charge in [-0.1, -0.05) is 0 Å². The fraction of sp³-hybridized carbons (Fsp3) is 0.471. The third-order valence-electron chi connectivity index (χ3n) is 4.36. The monoisotopic (exact) mass is 384 g/mol. The van der Waals surface area contributed by atoms with Crippen LogP contribution in [0, 0.1) is 6.92 Å². The first-order valence-electron chi connectivity index (χ1n) is 8.42. The maximum Gasteiger partial charge on any atom is 0.522 e. The van der Waals surface area contributed by atoms with Crippen molar-refractivity contribution in [1.29, 1.82) is 0 Å². The molecule has 2 N–H and O–H groups in total. The molecule has 27 heavy (non-hydrogen) atoms. The molecule has 0 radical (unpaired) electrons. The SMILES string of the molecule is Cc1cc2cc(C(=O)N[C@H](C)C(=O)N3CCC(OC(F)(F)F)C3)[nH]c2cn1. The van der Waals surface area contributed by atoms with Crippen molar-refractivity contribution in [1.82, 2.24) is 20.2 Å². The van der Waals surface area contributed by atoms with Crippen molar-refractivity contribution in [2.45, 2.75) is 38.8 Å². The zero-order valence-electron chi connectivity index (χ0n) is 14.8. The van der Waals surface area contributed by atoms with Gasteiger partial charge in [0.05, 0.1) is 17.8 Å². The number of likely N-dealkylation sites (tertiary alicyclic amines) is 1. The van der Waals surface area contributed by atoms with Crippen molar-refractivity contribution >= 4 is 22.7 Å². The highest BCUT2D eigenvalue weighted by Crippen LogP contribution is 2.24. The quantitative estimate of drug-likeness (QED) is 0.846. The number of aromatic nitrogens is 2. The number of ether oxygens (including phenoxy) is 1. The van der Waals surface area contributed by atoms with Gasteiger partial charge in [-0.2, -0.15) is 0 Å². The normalized spacial score (nSPS) is 18.7. The molecule has 1 aliphatic rings. The molecule has 3 rings (SSSR count). The Morgan fingerprint density at radius 2 is 2.15 bits per heavy atom. The lowest BCUT2D eigenvalue weighted by molar-refractivity contribution is -0.340. The van der Waals surface area contributed by atoms with Gasteiger partial charge in [-0.15, -0.1) is 13.2 Å². The van der Waals surface area contributed by atoms with Crippen molar-refractivity contribution in [2.75, 3.05) is 13.1 Å². The van der Waals surface area contributed by atoms with Gasteiger partial charge >= 0.3 is 6.36 Å². The van der Waals surface area contributed by atoms with Gasteiger partial charge in [-0.05, 0) is 32.4 Å². The van der Waals surface area contributed by atoms with E-state index in [2.05, 4.69) is 20.0 Å². The molecule has 0 bridgehead atoms. The Balaban J connectivity index is 1.59. The molecule has 146 valence electrons. The van der Waals surface area contributed by atoms with Crippen LogP contribution in [0.15, 0.2) is 18.3 Å². The van der Waals surface area contributed by atoms with Crippen molar-refractivity contribution in [3.05, 3.63) is 29.7 Å².